The molecule has 1 aromatic carbocycles. The molecule has 1 fully saturated rings. The fourth-order valence-electron chi connectivity index (χ4n) is 2.58. The van der Waals surface area contributed by atoms with Gasteiger partial charge < -0.3 is 15.4 Å². The zero-order chi connectivity index (χ0) is 16.5. The molecule has 1 saturated heterocycles. The normalized spacial score (nSPS) is 19.1. The zero-order valence-electron chi connectivity index (χ0n) is 11.9. The predicted octanol–water partition coefficient (Wildman–Crippen LogP) is 2.97. The molecule has 0 radical (unpaired) electrons. The highest BCUT2D eigenvalue weighted by atomic mass is 19.4. The number of likely N-dealkylation sites (tertiary alicyclic amines) is 1. The van der Waals surface area contributed by atoms with Crippen molar-refractivity contribution in [1.29, 1.82) is 0 Å². The van der Waals surface area contributed by atoms with Crippen molar-refractivity contribution in [3.05, 3.63) is 23.5 Å². The maximum Gasteiger partial charge on any atom is 0.408 e. The van der Waals surface area contributed by atoms with Crippen LogP contribution in [0.15, 0.2) is 12.1 Å². The number of carbonyl (C=O) groups excluding carboxylic acids is 1. The van der Waals surface area contributed by atoms with Gasteiger partial charge >= 0.3 is 6.18 Å². The van der Waals surface area contributed by atoms with Crippen molar-refractivity contribution in [3.8, 4) is 5.75 Å². The molecule has 1 atom stereocenters. The van der Waals surface area contributed by atoms with Gasteiger partial charge in [0.15, 0.2) is 0 Å². The Balaban J connectivity index is 2.37. The van der Waals surface area contributed by atoms with E-state index in [-0.39, 0.29) is 24.4 Å². The van der Waals surface area contributed by atoms with Crippen LogP contribution < -0.4 is 10.5 Å². The standard InChI is InChI=1S/C14H16F4N2O2/c1-22-11-6-8(9(15)7-10(11)19)13(21)20-5-3-2-4-12(20)14(16,17)18/h6-7,12H,2-5,19H2,1H3. The van der Waals surface area contributed by atoms with Crippen LogP contribution in [0.2, 0.25) is 0 Å². The molecule has 1 unspecified atom stereocenters. The summed E-state index contributed by atoms with van der Waals surface area (Å²) >= 11 is 0. The molecule has 1 aliphatic heterocycles. The molecule has 8 heteroatoms. The van der Waals surface area contributed by atoms with Gasteiger partial charge in [-0.15, -0.1) is 0 Å². The first kappa shape index (κ1) is 16.4. The molecule has 0 saturated carbocycles. The first-order valence-corrected chi connectivity index (χ1v) is 6.76. The van der Waals surface area contributed by atoms with Crippen LogP contribution in [-0.4, -0.2) is 36.7 Å². The van der Waals surface area contributed by atoms with E-state index >= 15 is 0 Å². The number of ether oxygens (including phenoxy) is 1. The van der Waals surface area contributed by atoms with Gasteiger partial charge in [0.2, 0.25) is 0 Å². The summed E-state index contributed by atoms with van der Waals surface area (Å²) in [6, 6.07) is 0.0184. The molecule has 4 nitrogen and oxygen atoms in total. The molecule has 1 heterocycles. The lowest BCUT2D eigenvalue weighted by molar-refractivity contribution is -0.183. The minimum atomic E-state index is -4.54. The molecule has 22 heavy (non-hydrogen) atoms. The average Bonchev–Trinajstić information content (AvgIpc) is 2.46. The van der Waals surface area contributed by atoms with Crippen LogP contribution in [0, 0.1) is 5.82 Å². The number of piperidine rings is 1. The van der Waals surface area contributed by atoms with Crippen molar-refractivity contribution < 1.29 is 27.1 Å². The number of benzene rings is 1. The summed E-state index contributed by atoms with van der Waals surface area (Å²) in [7, 11) is 1.28. The first-order valence-electron chi connectivity index (χ1n) is 6.76. The highest BCUT2D eigenvalue weighted by Gasteiger charge is 2.46. The van der Waals surface area contributed by atoms with E-state index in [1.807, 2.05) is 0 Å². The van der Waals surface area contributed by atoms with Gasteiger partial charge in [-0.3, -0.25) is 4.79 Å². The predicted molar refractivity (Wildman–Crippen MR) is 72.1 cm³/mol. The molecule has 2 N–H and O–H groups in total. The molecular weight excluding hydrogens is 304 g/mol. The summed E-state index contributed by atoms with van der Waals surface area (Å²) in [5.41, 5.74) is 5.01. The van der Waals surface area contributed by atoms with Crippen molar-refractivity contribution in [2.75, 3.05) is 19.4 Å². The molecule has 0 bridgehead atoms. The van der Waals surface area contributed by atoms with E-state index in [1.165, 1.54) is 7.11 Å². The van der Waals surface area contributed by atoms with E-state index in [2.05, 4.69) is 0 Å². The lowest BCUT2D eigenvalue weighted by Gasteiger charge is -2.36. The Labute approximate surface area is 124 Å². The number of alkyl halides is 3. The fraction of sp³-hybridized carbons (Fsp3) is 0.500. The second kappa shape index (κ2) is 6.02. The van der Waals surface area contributed by atoms with Crippen molar-refractivity contribution in [2.45, 2.75) is 31.5 Å². The summed E-state index contributed by atoms with van der Waals surface area (Å²) in [4.78, 5) is 13.0. The number of hydrogen-bond donors (Lipinski definition) is 1. The molecule has 2 rings (SSSR count). The Kier molecular flexibility index (Phi) is 4.48. The summed E-state index contributed by atoms with van der Waals surface area (Å²) in [6.07, 6.45) is -3.89. The molecule has 1 aliphatic rings. The van der Waals surface area contributed by atoms with E-state index in [0.717, 1.165) is 12.1 Å². The highest BCUT2D eigenvalue weighted by molar-refractivity contribution is 5.96. The van der Waals surface area contributed by atoms with E-state index in [0.29, 0.717) is 17.7 Å². The fourth-order valence-corrected chi connectivity index (χ4v) is 2.58. The first-order chi connectivity index (χ1) is 10.3. The van der Waals surface area contributed by atoms with Crippen molar-refractivity contribution in [2.24, 2.45) is 0 Å². The van der Waals surface area contributed by atoms with Crippen LogP contribution in [0.1, 0.15) is 29.6 Å². The average molecular weight is 320 g/mol. The maximum absolute atomic E-state index is 13.9. The van der Waals surface area contributed by atoms with Gasteiger partial charge in [-0.1, -0.05) is 0 Å². The van der Waals surface area contributed by atoms with Gasteiger partial charge in [-0.25, -0.2) is 4.39 Å². The zero-order valence-corrected chi connectivity index (χ0v) is 11.9. The summed E-state index contributed by atoms with van der Waals surface area (Å²) in [5, 5.41) is 0. The van der Waals surface area contributed by atoms with Gasteiger partial charge in [0.25, 0.3) is 5.91 Å². The lowest BCUT2D eigenvalue weighted by Crippen LogP contribution is -2.51. The van der Waals surface area contributed by atoms with Gasteiger partial charge in [0, 0.05) is 12.6 Å². The van der Waals surface area contributed by atoms with Crippen LogP contribution in [0.4, 0.5) is 23.2 Å². The Morgan fingerprint density at radius 1 is 1.36 bits per heavy atom. The molecule has 122 valence electrons. The number of hydrogen-bond acceptors (Lipinski definition) is 3. The van der Waals surface area contributed by atoms with Crippen LogP contribution >= 0.6 is 0 Å². The number of nitrogens with zero attached hydrogens (tertiary/aromatic N) is 1. The second-order valence-corrected chi connectivity index (χ2v) is 5.13. The third-order valence-corrected chi connectivity index (χ3v) is 3.69. The monoisotopic (exact) mass is 320 g/mol. The molecule has 0 aliphatic carbocycles. The number of nitrogens with two attached hydrogens (primary N) is 1. The molecule has 1 amide bonds. The van der Waals surface area contributed by atoms with Crippen LogP contribution in [0.25, 0.3) is 0 Å². The molecule has 0 spiro atoms. The van der Waals surface area contributed by atoms with Crippen molar-refractivity contribution in [3.63, 3.8) is 0 Å². The minimum Gasteiger partial charge on any atom is -0.495 e. The number of amides is 1. The Bertz CT molecular complexity index is 575. The van der Waals surface area contributed by atoms with E-state index < -0.39 is 29.5 Å². The number of methoxy groups -OCH3 is 1. The summed E-state index contributed by atoms with van der Waals surface area (Å²) in [6.45, 7) is -0.0604. The van der Waals surface area contributed by atoms with E-state index in [1.54, 1.807) is 0 Å². The Morgan fingerprint density at radius 3 is 2.64 bits per heavy atom. The van der Waals surface area contributed by atoms with Crippen LogP contribution in [-0.2, 0) is 0 Å². The van der Waals surface area contributed by atoms with Crippen molar-refractivity contribution in [1.82, 2.24) is 4.90 Å². The van der Waals surface area contributed by atoms with Crippen LogP contribution in [0.3, 0.4) is 0 Å². The summed E-state index contributed by atoms with van der Waals surface area (Å²) < 4.78 is 58.0. The number of carbonyl (C=O) groups is 1. The van der Waals surface area contributed by atoms with Crippen LogP contribution in [0.5, 0.6) is 5.75 Å². The molecule has 0 aromatic heterocycles. The highest BCUT2D eigenvalue weighted by Crippen LogP contribution is 2.34. The maximum atomic E-state index is 13.9. The number of nitrogen functional groups attached to an aromatic ring is 1. The second-order valence-electron chi connectivity index (χ2n) is 5.13. The third kappa shape index (κ3) is 3.10. The topological polar surface area (TPSA) is 55.6 Å². The number of rotatable bonds is 2. The van der Waals surface area contributed by atoms with Gasteiger partial charge in [-0.2, -0.15) is 13.2 Å². The number of anilines is 1. The van der Waals surface area contributed by atoms with Gasteiger partial charge in [-0.05, 0) is 25.3 Å². The van der Waals surface area contributed by atoms with Gasteiger partial charge in [0.05, 0.1) is 18.4 Å². The van der Waals surface area contributed by atoms with E-state index in [4.69, 9.17) is 10.5 Å². The smallest absolute Gasteiger partial charge is 0.408 e. The minimum absolute atomic E-state index is 0.0254. The Hall–Kier alpha value is -1.99. The molecular formula is C14H16F4N2O2. The Morgan fingerprint density at radius 2 is 2.05 bits per heavy atom. The third-order valence-electron chi connectivity index (χ3n) is 3.69. The quantitative estimate of drug-likeness (QED) is 0.673. The van der Waals surface area contributed by atoms with Gasteiger partial charge in [0.1, 0.15) is 17.6 Å². The van der Waals surface area contributed by atoms with E-state index in [9.17, 15) is 22.4 Å². The van der Waals surface area contributed by atoms with Crippen molar-refractivity contribution >= 4 is 11.6 Å². The SMILES string of the molecule is COc1cc(C(=O)N2CCCCC2C(F)(F)F)c(F)cc1N. The number of halogens is 4. The molecule has 1 aromatic rings. The summed E-state index contributed by atoms with van der Waals surface area (Å²) in [5.74, 6) is -1.92. The lowest BCUT2D eigenvalue weighted by atomic mass is 10.00. The largest absolute Gasteiger partial charge is 0.495 e.